The standard InChI is InChI=1S/C15H30N2O2/c1-5-13-7-6-9-17(10-8-13)11-14(15(18)19-4)16-12(2)3/h12-14,16H,5-11H2,1-4H3. The molecule has 2 unspecified atom stereocenters. The minimum absolute atomic E-state index is 0.148. The van der Waals surface area contributed by atoms with Gasteiger partial charge in [0.15, 0.2) is 0 Å². The molecule has 2 atom stereocenters. The van der Waals surface area contributed by atoms with Crippen molar-refractivity contribution in [1.82, 2.24) is 10.2 Å². The number of likely N-dealkylation sites (tertiary alicyclic amines) is 1. The van der Waals surface area contributed by atoms with Gasteiger partial charge < -0.3 is 15.0 Å². The third-order valence-electron chi connectivity index (χ3n) is 3.98. The lowest BCUT2D eigenvalue weighted by molar-refractivity contribution is -0.143. The maximum Gasteiger partial charge on any atom is 0.324 e. The zero-order chi connectivity index (χ0) is 14.3. The molecule has 0 amide bonds. The van der Waals surface area contributed by atoms with Crippen LogP contribution in [0.3, 0.4) is 0 Å². The Balaban J connectivity index is 2.50. The quantitative estimate of drug-likeness (QED) is 0.750. The van der Waals surface area contributed by atoms with Crippen LogP contribution < -0.4 is 5.32 Å². The molecule has 0 saturated carbocycles. The number of carbonyl (C=O) groups is 1. The largest absolute Gasteiger partial charge is 0.468 e. The molecule has 1 aliphatic heterocycles. The van der Waals surface area contributed by atoms with Crippen LogP contribution >= 0.6 is 0 Å². The van der Waals surface area contributed by atoms with Crippen molar-refractivity contribution in [2.75, 3.05) is 26.7 Å². The summed E-state index contributed by atoms with van der Waals surface area (Å²) in [7, 11) is 1.47. The summed E-state index contributed by atoms with van der Waals surface area (Å²) in [6, 6.07) is 0.0858. The van der Waals surface area contributed by atoms with Gasteiger partial charge in [-0.05, 0) is 38.3 Å². The molecule has 4 nitrogen and oxygen atoms in total. The fourth-order valence-electron chi connectivity index (χ4n) is 2.81. The van der Waals surface area contributed by atoms with Crippen molar-refractivity contribution in [3.63, 3.8) is 0 Å². The van der Waals surface area contributed by atoms with Gasteiger partial charge in [0.2, 0.25) is 0 Å². The first-order valence-corrected chi connectivity index (χ1v) is 7.63. The van der Waals surface area contributed by atoms with Crippen molar-refractivity contribution in [3.05, 3.63) is 0 Å². The van der Waals surface area contributed by atoms with Gasteiger partial charge in [0.25, 0.3) is 0 Å². The Morgan fingerprint density at radius 2 is 2.11 bits per heavy atom. The summed E-state index contributed by atoms with van der Waals surface area (Å²) < 4.78 is 4.90. The number of carbonyl (C=O) groups excluding carboxylic acids is 1. The van der Waals surface area contributed by atoms with E-state index in [1.54, 1.807) is 0 Å². The molecule has 0 spiro atoms. The van der Waals surface area contributed by atoms with Crippen molar-refractivity contribution in [1.29, 1.82) is 0 Å². The lowest BCUT2D eigenvalue weighted by Crippen LogP contribution is -2.49. The summed E-state index contributed by atoms with van der Waals surface area (Å²) >= 11 is 0. The minimum atomic E-state index is -0.205. The van der Waals surface area contributed by atoms with Crippen LogP contribution in [0.15, 0.2) is 0 Å². The molecule has 1 heterocycles. The molecule has 0 radical (unpaired) electrons. The highest BCUT2D eigenvalue weighted by atomic mass is 16.5. The molecule has 1 N–H and O–H groups in total. The number of ether oxygens (including phenoxy) is 1. The first kappa shape index (κ1) is 16.4. The Hall–Kier alpha value is -0.610. The molecule has 112 valence electrons. The molecule has 0 bridgehead atoms. The van der Waals surface area contributed by atoms with Crippen LogP contribution in [0.4, 0.5) is 0 Å². The molecule has 0 aromatic carbocycles. The average Bonchev–Trinajstić information content (AvgIpc) is 2.61. The molecule has 1 aliphatic rings. The van der Waals surface area contributed by atoms with Crippen LogP contribution in [0.25, 0.3) is 0 Å². The van der Waals surface area contributed by atoms with E-state index >= 15 is 0 Å². The fourth-order valence-corrected chi connectivity index (χ4v) is 2.81. The predicted molar refractivity (Wildman–Crippen MR) is 78.1 cm³/mol. The zero-order valence-electron chi connectivity index (χ0n) is 12.9. The van der Waals surface area contributed by atoms with Crippen LogP contribution in [-0.2, 0) is 9.53 Å². The predicted octanol–water partition coefficient (Wildman–Crippen LogP) is 2.04. The Morgan fingerprint density at radius 3 is 2.68 bits per heavy atom. The van der Waals surface area contributed by atoms with Gasteiger partial charge in [-0.1, -0.05) is 27.2 Å². The summed E-state index contributed by atoms with van der Waals surface area (Å²) in [6.07, 6.45) is 5.10. The van der Waals surface area contributed by atoms with E-state index in [4.69, 9.17) is 4.74 Å². The first-order valence-electron chi connectivity index (χ1n) is 7.63. The van der Waals surface area contributed by atoms with Crippen LogP contribution in [0, 0.1) is 5.92 Å². The first-order chi connectivity index (χ1) is 9.06. The monoisotopic (exact) mass is 270 g/mol. The highest BCUT2D eigenvalue weighted by Crippen LogP contribution is 2.20. The molecule has 1 saturated heterocycles. The summed E-state index contributed by atoms with van der Waals surface area (Å²) in [5.41, 5.74) is 0. The number of methoxy groups -OCH3 is 1. The summed E-state index contributed by atoms with van der Waals surface area (Å²) in [6.45, 7) is 9.37. The third-order valence-corrected chi connectivity index (χ3v) is 3.98. The smallest absolute Gasteiger partial charge is 0.324 e. The number of esters is 1. The van der Waals surface area contributed by atoms with Crippen LogP contribution in [0.1, 0.15) is 46.5 Å². The maximum absolute atomic E-state index is 11.8. The van der Waals surface area contributed by atoms with Crippen molar-refractivity contribution in [2.24, 2.45) is 5.92 Å². The van der Waals surface area contributed by atoms with Gasteiger partial charge in [0, 0.05) is 12.6 Å². The third kappa shape index (κ3) is 5.91. The van der Waals surface area contributed by atoms with E-state index in [2.05, 4.69) is 31.0 Å². The second kappa shape index (κ2) is 8.54. The van der Waals surface area contributed by atoms with E-state index in [1.165, 1.54) is 32.8 Å². The summed E-state index contributed by atoms with van der Waals surface area (Å²) in [5, 5.41) is 3.31. The Kier molecular flexibility index (Phi) is 7.39. The van der Waals surface area contributed by atoms with Gasteiger partial charge in [-0.2, -0.15) is 0 Å². The number of hydrogen-bond donors (Lipinski definition) is 1. The molecule has 19 heavy (non-hydrogen) atoms. The molecule has 1 fully saturated rings. The van der Waals surface area contributed by atoms with E-state index in [9.17, 15) is 4.79 Å². The SMILES string of the molecule is CCC1CCCN(CC(NC(C)C)C(=O)OC)CC1. The zero-order valence-corrected chi connectivity index (χ0v) is 12.9. The van der Waals surface area contributed by atoms with Crippen LogP contribution in [-0.4, -0.2) is 49.7 Å². The lowest BCUT2D eigenvalue weighted by Gasteiger charge is -2.26. The Bertz CT molecular complexity index is 269. The number of hydrogen-bond acceptors (Lipinski definition) is 4. The number of nitrogens with zero attached hydrogens (tertiary/aromatic N) is 1. The van der Waals surface area contributed by atoms with Gasteiger partial charge in [0.1, 0.15) is 6.04 Å². The topological polar surface area (TPSA) is 41.6 Å². The Morgan fingerprint density at radius 1 is 1.37 bits per heavy atom. The summed E-state index contributed by atoms with van der Waals surface area (Å²) in [5.74, 6) is 0.713. The van der Waals surface area contributed by atoms with E-state index in [1.807, 2.05) is 0 Å². The lowest BCUT2D eigenvalue weighted by atomic mass is 9.98. The van der Waals surface area contributed by atoms with E-state index in [0.29, 0.717) is 6.04 Å². The number of rotatable bonds is 6. The van der Waals surface area contributed by atoms with Gasteiger partial charge in [0.05, 0.1) is 7.11 Å². The molecular weight excluding hydrogens is 240 g/mol. The van der Waals surface area contributed by atoms with Gasteiger partial charge >= 0.3 is 5.97 Å². The van der Waals surface area contributed by atoms with Crippen LogP contribution in [0.5, 0.6) is 0 Å². The van der Waals surface area contributed by atoms with Gasteiger partial charge in [-0.3, -0.25) is 4.79 Å². The van der Waals surface area contributed by atoms with Crippen molar-refractivity contribution < 1.29 is 9.53 Å². The van der Waals surface area contributed by atoms with E-state index in [0.717, 1.165) is 25.6 Å². The van der Waals surface area contributed by atoms with Gasteiger partial charge in [-0.25, -0.2) is 0 Å². The van der Waals surface area contributed by atoms with Crippen molar-refractivity contribution >= 4 is 5.97 Å². The van der Waals surface area contributed by atoms with Crippen molar-refractivity contribution in [2.45, 2.75) is 58.5 Å². The molecule has 0 aliphatic carbocycles. The molecule has 0 aromatic rings. The van der Waals surface area contributed by atoms with E-state index in [-0.39, 0.29) is 12.0 Å². The van der Waals surface area contributed by atoms with Crippen molar-refractivity contribution in [3.8, 4) is 0 Å². The fraction of sp³-hybridized carbons (Fsp3) is 0.933. The highest BCUT2D eigenvalue weighted by molar-refractivity contribution is 5.75. The highest BCUT2D eigenvalue weighted by Gasteiger charge is 2.24. The van der Waals surface area contributed by atoms with E-state index < -0.39 is 0 Å². The Labute approximate surface area is 117 Å². The minimum Gasteiger partial charge on any atom is -0.468 e. The number of nitrogens with one attached hydrogen (secondary N) is 1. The maximum atomic E-state index is 11.8. The normalized spacial score (nSPS) is 23.1. The summed E-state index contributed by atoms with van der Waals surface area (Å²) in [4.78, 5) is 14.2. The second-order valence-electron chi connectivity index (χ2n) is 5.90. The average molecular weight is 270 g/mol. The second-order valence-corrected chi connectivity index (χ2v) is 5.90. The molecular formula is C15H30N2O2. The molecule has 4 heteroatoms. The molecule has 0 aromatic heterocycles. The van der Waals surface area contributed by atoms with Crippen LogP contribution in [0.2, 0.25) is 0 Å². The van der Waals surface area contributed by atoms with Gasteiger partial charge in [-0.15, -0.1) is 0 Å². The molecule has 1 rings (SSSR count).